The summed E-state index contributed by atoms with van der Waals surface area (Å²) in [5.41, 5.74) is 1.79. The molecule has 0 saturated carbocycles. The molecule has 0 atom stereocenters. The molecular weight excluding hydrogens is 350 g/mol. The van der Waals surface area contributed by atoms with Crippen LogP contribution in [0.15, 0.2) is 23.1 Å². The summed E-state index contributed by atoms with van der Waals surface area (Å²) in [4.78, 5) is 16.1. The molecule has 0 N–H and O–H groups in total. The smallest absolute Gasteiger partial charge is 0.243 e. The highest BCUT2D eigenvalue weighted by molar-refractivity contribution is 7.89. The Hall–Kier alpha value is -1.44. The lowest BCUT2D eigenvalue weighted by Crippen LogP contribution is -2.48. The van der Waals surface area contributed by atoms with E-state index in [1.54, 1.807) is 34.3 Å². The van der Waals surface area contributed by atoms with E-state index in [1.807, 2.05) is 0 Å². The first kappa shape index (κ1) is 19.3. The van der Waals surface area contributed by atoms with Crippen molar-refractivity contribution < 1.29 is 13.2 Å². The lowest BCUT2D eigenvalue weighted by Gasteiger charge is -2.34. The Labute approximate surface area is 156 Å². The number of hydrogen-bond acceptors (Lipinski definition) is 4. The summed E-state index contributed by atoms with van der Waals surface area (Å²) >= 11 is 0. The van der Waals surface area contributed by atoms with Gasteiger partial charge in [0.25, 0.3) is 0 Å². The number of hydrogen-bond donors (Lipinski definition) is 0. The number of carbonyl (C=O) groups excluding carboxylic acids is 1. The predicted molar refractivity (Wildman–Crippen MR) is 103 cm³/mol. The van der Waals surface area contributed by atoms with Crippen LogP contribution >= 0.6 is 0 Å². The van der Waals surface area contributed by atoms with E-state index in [9.17, 15) is 13.2 Å². The molecular formula is C19H29N3O3S. The van der Waals surface area contributed by atoms with Gasteiger partial charge in [0.05, 0.1) is 4.90 Å². The largest absolute Gasteiger partial charge is 0.312 e. The van der Waals surface area contributed by atoms with Crippen molar-refractivity contribution in [3.05, 3.63) is 23.8 Å². The van der Waals surface area contributed by atoms with E-state index in [0.29, 0.717) is 31.0 Å². The Balaban J connectivity index is 1.67. The number of piperazine rings is 1. The Morgan fingerprint density at radius 1 is 1.08 bits per heavy atom. The molecule has 1 amide bonds. The zero-order chi connectivity index (χ0) is 18.7. The molecule has 26 heavy (non-hydrogen) atoms. The number of nitrogens with zero attached hydrogens (tertiary/aromatic N) is 3. The molecule has 144 valence electrons. The van der Waals surface area contributed by atoms with Crippen LogP contribution in [0.4, 0.5) is 5.69 Å². The Morgan fingerprint density at radius 2 is 1.81 bits per heavy atom. The summed E-state index contributed by atoms with van der Waals surface area (Å²) in [5, 5.41) is 0. The molecule has 2 heterocycles. The van der Waals surface area contributed by atoms with E-state index in [4.69, 9.17) is 0 Å². The normalized spacial score (nSPS) is 18.9. The van der Waals surface area contributed by atoms with Gasteiger partial charge in [-0.05, 0) is 43.1 Å². The fraction of sp³-hybridized carbons (Fsp3) is 0.632. The quantitative estimate of drug-likeness (QED) is 0.710. The lowest BCUT2D eigenvalue weighted by atomic mass is 10.2. The van der Waals surface area contributed by atoms with Crippen LogP contribution < -0.4 is 4.90 Å². The van der Waals surface area contributed by atoms with Crippen LogP contribution in [0.1, 0.15) is 38.7 Å². The lowest BCUT2D eigenvalue weighted by molar-refractivity contribution is -0.116. The minimum Gasteiger partial charge on any atom is -0.312 e. The molecule has 0 bridgehead atoms. The number of sulfonamides is 1. The van der Waals surface area contributed by atoms with Crippen molar-refractivity contribution in [2.24, 2.45) is 0 Å². The highest BCUT2D eigenvalue weighted by Crippen LogP contribution is 2.31. The topological polar surface area (TPSA) is 60.9 Å². The molecule has 2 aliphatic heterocycles. The predicted octanol–water partition coefficient (Wildman–Crippen LogP) is 2.09. The molecule has 1 aromatic carbocycles. The van der Waals surface area contributed by atoms with E-state index >= 15 is 0 Å². The first-order valence-electron chi connectivity index (χ1n) is 9.57. The summed E-state index contributed by atoms with van der Waals surface area (Å²) in [7, 11) is -3.47. The summed E-state index contributed by atoms with van der Waals surface area (Å²) < 4.78 is 27.6. The van der Waals surface area contributed by atoms with Crippen LogP contribution in [0.2, 0.25) is 0 Å². The number of benzene rings is 1. The maximum Gasteiger partial charge on any atom is 0.243 e. The SMILES string of the molecule is CCCCCN1CCN(S(=O)(=O)c2ccc3c(c2)CCN3C(C)=O)CC1. The molecule has 0 aliphatic carbocycles. The van der Waals surface area contributed by atoms with Gasteiger partial charge in [0.1, 0.15) is 0 Å². The first-order chi connectivity index (χ1) is 12.4. The second kappa shape index (κ2) is 8.06. The number of fused-ring (bicyclic) bond motifs is 1. The average Bonchev–Trinajstić information content (AvgIpc) is 3.06. The Kier molecular flexibility index (Phi) is 5.99. The second-order valence-corrected chi connectivity index (χ2v) is 9.10. The molecule has 0 spiro atoms. The van der Waals surface area contributed by atoms with Gasteiger partial charge in [-0.15, -0.1) is 0 Å². The molecule has 0 radical (unpaired) electrons. The standard InChI is InChI=1S/C19H29N3O3S/c1-3-4-5-9-20-11-13-21(14-12-20)26(24,25)18-6-7-19-17(15-18)8-10-22(19)16(2)23/h6-7,15H,3-5,8-14H2,1-2H3. The highest BCUT2D eigenvalue weighted by Gasteiger charge is 2.30. The van der Waals surface area contributed by atoms with Crippen molar-refractivity contribution in [1.82, 2.24) is 9.21 Å². The molecule has 6 nitrogen and oxygen atoms in total. The van der Waals surface area contributed by atoms with Crippen LogP contribution in [0.25, 0.3) is 0 Å². The van der Waals surface area contributed by atoms with Gasteiger partial charge >= 0.3 is 0 Å². The zero-order valence-electron chi connectivity index (χ0n) is 15.8. The molecule has 0 unspecified atom stereocenters. The summed E-state index contributed by atoms with van der Waals surface area (Å²) in [6.45, 7) is 8.11. The summed E-state index contributed by atoms with van der Waals surface area (Å²) in [6, 6.07) is 5.17. The molecule has 0 aromatic heterocycles. The first-order valence-corrected chi connectivity index (χ1v) is 11.0. The number of carbonyl (C=O) groups is 1. The Bertz CT molecular complexity index is 755. The van der Waals surface area contributed by atoms with Crippen molar-refractivity contribution in [3.8, 4) is 0 Å². The second-order valence-electron chi connectivity index (χ2n) is 7.16. The van der Waals surface area contributed by atoms with Crippen molar-refractivity contribution in [1.29, 1.82) is 0 Å². The van der Waals surface area contributed by atoms with Gasteiger partial charge in [-0.3, -0.25) is 4.79 Å². The van der Waals surface area contributed by atoms with Gasteiger partial charge in [0.15, 0.2) is 0 Å². The number of unbranched alkanes of at least 4 members (excludes halogenated alkanes) is 2. The summed E-state index contributed by atoms with van der Waals surface area (Å²) in [6.07, 6.45) is 4.32. The van der Waals surface area contributed by atoms with E-state index in [0.717, 1.165) is 30.9 Å². The van der Waals surface area contributed by atoms with Gasteiger partial charge in [0, 0.05) is 45.3 Å². The van der Waals surface area contributed by atoms with Crippen molar-refractivity contribution in [2.45, 2.75) is 44.4 Å². The van der Waals surface area contributed by atoms with Gasteiger partial charge in [-0.25, -0.2) is 8.42 Å². The average molecular weight is 380 g/mol. The van der Waals surface area contributed by atoms with E-state index < -0.39 is 10.0 Å². The van der Waals surface area contributed by atoms with Crippen LogP contribution in [0.3, 0.4) is 0 Å². The number of amides is 1. The minimum atomic E-state index is -3.47. The molecule has 1 saturated heterocycles. The maximum absolute atomic E-state index is 13.0. The zero-order valence-corrected chi connectivity index (χ0v) is 16.6. The van der Waals surface area contributed by atoms with Crippen molar-refractivity contribution in [3.63, 3.8) is 0 Å². The third-order valence-electron chi connectivity index (χ3n) is 5.37. The fourth-order valence-electron chi connectivity index (χ4n) is 3.79. The van der Waals surface area contributed by atoms with Crippen molar-refractivity contribution >= 4 is 21.6 Å². The monoisotopic (exact) mass is 379 g/mol. The molecule has 7 heteroatoms. The van der Waals surface area contributed by atoms with E-state index in [2.05, 4.69) is 11.8 Å². The van der Waals surface area contributed by atoms with Gasteiger partial charge < -0.3 is 9.80 Å². The maximum atomic E-state index is 13.0. The number of rotatable bonds is 6. The van der Waals surface area contributed by atoms with Crippen LogP contribution in [0, 0.1) is 0 Å². The van der Waals surface area contributed by atoms with Crippen LogP contribution in [0.5, 0.6) is 0 Å². The third-order valence-corrected chi connectivity index (χ3v) is 7.27. The van der Waals surface area contributed by atoms with Gasteiger partial charge in [0.2, 0.25) is 15.9 Å². The molecule has 2 aliphatic rings. The van der Waals surface area contributed by atoms with Crippen LogP contribution in [-0.4, -0.2) is 62.8 Å². The summed E-state index contributed by atoms with van der Waals surface area (Å²) in [5.74, 6) is -0.00134. The highest BCUT2D eigenvalue weighted by atomic mass is 32.2. The van der Waals surface area contributed by atoms with E-state index in [1.165, 1.54) is 19.3 Å². The Morgan fingerprint density at radius 3 is 2.46 bits per heavy atom. The van der Waals surface area contributed by atoms with Crippen LogP contribution in [-0.2, 0) is 21.2 Å². The molecule has 1 aromatic rings. The minimum absolute atomic E-state index is 0.00134. The van der Waals surface area contributed by atoms with Gasteiger partial charge in [-0.1, -0.05) is 19.8 Å². The molecule has 3 rings (SSSR count). The fourth-order valence-corrected chi connectivity index (χ4v) is 5.27. The van der Waals surface area contributed by atoms with E-state index in [-0.39, 0.29) is 5.91 Å². The number of anilines is 1. The molecule has 1 fully saturated rings. The van der Waals surface area contributed by atoms with Gasteiger partial charge in [-0.2, -0.15) is 4.31 Å². The third kappa shape index (κ3) is 3.94. The van der Waals surface area contributed by atoms with Crippen molar-refractivity contribution in [2.75, 3.05) is 44.2 Å².